The van der Waals surface area contributed by atoms with Crippen LogP contribution in [0.2, 0.25) is 0 Å². The fourth-order valence-electron chi connectivity index (χ4n) is 1.52. The van der Waals surface area contributed by atoms with E-state index in [1.54, 1.807) is 0 Å². The predicted molar refractivity (Wildman–Crippen MR) is 67.2 cm³/mol. The smallest absolute Gasteiger partial charge is 0.149 e. The molecule has 3 nitrogen and oxygen atoms in total. The predicted octanol–water partition coefficient (Wildman–Crippen LogP) is 2.58. The minimum absolute atomic E-state index is 0.691. The lowest BCUT2D eigenvalue weighted by molar-refractivity contribution is 1.11. The first kappa shape index (κ1) is 10.5. The molecule has 2 aromatic rings. The fraction of sp³-hybridized carbons (Fsp3) is 0.154. The number of hydrogen-bond acceptors (Lipinski definition) is 3. The minimum atomic E-state index is 0.691. The summed E-state index contributed by atoms with van der Waals surface area (Å²) in [5.41, 5.74) is 8.84. The molecule has 0 saturated heterocycles. The standard InChI is InChI=1S/C13H15N3/c1-10-7-12(14)13(15-8-10)16-9-11-5-3-2-4-6-11/h2-8H,9,14H2,1H3,(H,15,16). The van der Waals surface area contributed by atoms with E-state index in [0.29, 0.717) is 5.69 Å². The molecule has 16 heavy (non-hydrogen) atoms. The molecule has 0 bridgehead atoms. The second-order valence-electron chi connectivity index (χ2n) is 3.79. The van der Waals surface area contributed by atoms with Crippen LogP contribution in [0.15, 0.2) is 42.6 Å². The molecule has 0 spiro atoms. The summed E-state index contributed by atoms with van der Waals surface area (Å²) in [6.45, 7) is 2.71. The molecule has 0 amide bonds. The van der Waals surface area contributed by atoms with Gasteiger partial charge in [-0.15, -0.1) is 0 Å². The quantitative estimate of drug-likeness (QED) is 0.824. The number of pyridine rings is 1. The van der Waals surface area contributed by atoms with Gasteiger partial charge in [-0.25, -0.2) is 4.98 Å². The van der Waals surface area contributed by atoms with Crippen molar-refractivity contribution in [3.05, 3.63) is 53.7 Å². The van der Waals surface area contributed by atoms with Gasteiger partial charge in [0.2, 0.25) is 0 Å². The SMILES string of the molecule is Cc1cnc(NCc2ccccc2)c(N)c1. The van der Waals surface area contributed by atoms with Gasteiger partial charge in [0, 0.05) is 12.7 Å². The highest BCUT2D eigenvalue weighted by atomic mass is 15.0. The van der Waals surface area contributed by atoms with E-state index in [4.69, 9.17) is 5.73 Å². The number of hydrogen-bond donors (Lipinski definition) is 2. The van der Waals surface area contributed by atoms with Crippen LogP contribution in [-0.4, -0.2) is 4.98 Å². The van der Waals surface area contributed by atoms with Gasteiger partial charge >= 0.3 is 0 Å². The molecule has 82 valence electrons. The maximum atomic E-state index is 5.86. The van der Waals surface area contributed by atoms with Crippen molar-refractivity contribution in [1.29, 1.82) is 0 Å². The van der Waals surface area contributed by atoms with Crippen LogP contribution in [0.5, 0.6) is 0 Å². The van der Waals surface area contributed by atoms with E-state index in [2.05, 4.69) is 22.4 Å². The summed E-state index contributed by atoms with van der Waals surface area (Å²) in [6.07, 6.45) is 1.81. The normalized spacial score (nSPS) is 10.1. The second-order valence-corrected chi connectivity index (χ2v) is 3.79. The summed E-state index contributed by atoms with van der Waals surface area (Å²) in [7, 11) is 0. The molecular formula is C13H15N3. The van der Waals surface area contributed by atoms with Crippen LogP contribution in [0.3, 0.4) is 0 Å². The summed E-state index contributed by atoms with van der Waals surface area (Å²) < 4.78 is 0. The van der Waals surface area contributed by atoms with E-state index in [9.17, 15) is 0 Å². The van der Waals surface area contributed by atoms with Crippen molar-refractivity contribution < 1.29 is 0 Å². The number of nitrogens with two attached hydrogens (primary N) is 1. The summed E-state index contributed by atoms with van der Waals surface area (Å²) >= 11 is 0. The first-order valence-corrected chi connectivity index (χ1v) is 5.25. The second kappa shape index (κ2) is 4.66. The van der Waals surface area contributed by atoms with Gasteiger partial charge in [0.25, 0.3) is 0 Å². The molecule has 3 N–H and O–H groups in total. The van der Waals surface area contributed by atoms with Crippen molar-refractivity contribution in [3.63, 3.8) is 0 Å². The summed E-state index contributed by atoms with van der Waals surface area (Å²) in [4.78, 5) is 4.26. The monoisotopic (exact) mass is 213 g/mol. The highest BCUT2D eigenvalue weighted by Gasteiger charge is 2.00. The van der Waals surface area contributed by atoms with Gasteiger partial charge in [-0.3, -0.25) is 0 Å². The number of benzene rings is 1. The Bertz CT molecular complexity index is 466. The third kappa shape index (κ3) is 2.51. The summed E-state index contributed by atoms with van der Waals surface area (Å²) in [5, 5.41) is 3.22. The van der Waals surface area contributed by atoms with Crippen molar-refractivity contribution in [2.75, 3.05) is 11.1 Å². The molecule has 0 aliphatic heterocycles. The molecule has 0 fully saturated rings. The van der Waals surface area contributed by atoms with E-state index in [1.165, 1.54) is 5.56 Å². The summed E-state index contributed by atoms with van der Waals surface area (Å²) in [5.74, 6) is 0.745. The van der Waals surface area contributed by atoms with Crippen LogP contribution in [0, 0.1) is 6.92 Å². The van der Waals surface area contributed by atoms with Crippen LogP contribution in [-0.2, 0) is 6.54 Å². The molecule has 2 rings (SSSR count). The van der Waals surface area contributed by atoms with Gasteiger partial charge in [-0.05, 0) is 24.1 Å². The van der Waals surface area contributed by atoms with Crippen molar-refractivity contribution in [2.24, 2.45) is 0 Å². The Morgan fingerprint density at radius 3 is 2.69 bits per heavy atom. The molecule has 0 radical (unpaired) electrons. The number of aryl methyl sites for hydroxylation is 1. The van der Waals surface area contributed by atoms with Crippen molar-refractivity contribution in [1.82, 2.24) is 4.98 Å². The first-order chi connectivity index (χ1) is 7.75. The maximum absolute atomic E-state index is 5.86. The van der Waals surface area contributed by atoms with Gasteiger partial charge in [-0.2, -0.15) is 0 Å². The van der Waals surface area contributed by atoms with Gasteiger partial charge in [0.15, 0.2) is 0 Å². The average molecular weight is 213 g/mol. The molecule has 0 unspecified atom stereocenters. The highest BCUT2D eigenvalue weighted by Crippen LogP contribution is 2.16. The lowest BCUT2D eigenvalue weighted by atomic mass is 10.2. The van der Waals surface area contributed by atoms with E-state index in [1.807, 2.05) is 37.4 Å². The lowest BCUT2D eigenvalue weighted by Crippen LogP contribution is -2.04. The topological polar surface area (TPSA) is 50.9 Å². The Hall–Kier alpha value is -2.03. The molecule has 0 aliphatic rings. The minimum Gasteiger partial charge on any atom is -0.396 e. The fourth-order valence-corrected chi connectivity index (χ4v) is 1.52. The molecule has 1 aromatic heterocycles. The zero-order chi connectivity index (χ0) is 11.4. The van der Waals surface area contributed by atoms with Gasteiger partial charge < -0.3 is 11.1 Å². The molecule has 0 atom stereocenters. The van der Waals surface area contributed by atoms with E-state index >= 15 is 0 Å². The number of nitrogens with zero attached hydrogens (tertiary/aromatic N) is 1. The highest BCUT2D eigenvalue weighted by molar-refractivity contribution is 5.61. The lowest BCUT2D eigenvalue weighted by Gasteiger charge is -2.08. The van der Waals surface area contributed by atoms with Crippen LogP contribution >= 0.6 is 0 Å². The Morgan fingerprint density at radius 2 is 2.00 bits per heavy atom. The summed E-state index contributed by atoms with van der Waals surface area (Å²) in [6, 6.07) is 12.1. The van der Waals surface area contributed by atoms with E-state index < -0.39 is 0 Å². The van der Waals surface area contributed by atoms with Gasteiger partial charge in [-0.1, -0.05) is 30.3 Å². The third-order valence-electron chi connectivity index (χ3n) is 2.36. The van der Waals surface area contributed by atoms with E-state index in [-0.39, 0.29) is 0 Å². The Balaban J connectivity index is 2.05. The maximum Gasteiger partial charge on any atom is 0.149 e. The number of rotatable bonds is 3. The van der Waals surface area contributed by atoms with Crippen molar-refractivity contribution in [3.8, 4) is 0 Å². The zero-order valence-corrected chi connectivity index (χ0v) is 9.27. The van der Waals surface area contributed by atoms with Gasteiger partial charge in [0.05, 0.1) is 5.69 Å². The third-order valence-corrected chi connectivity index (χ3v) is 2.36. The Kier molecular flexibility index (Phi) is 3.05. The van der Waals surface area contributed by atoms with Gasteiger partial charge in [0.1, 0.15) is 5.82 Å². The molecule has 1 heterocycles. The molecule has 0 saturated carbocycles. The molecule has 1 aromatic carbocycles. The van der Waals surface area contributed by atoms with Crippen molar-refractivity contribution >= 4 is 11.5 Å². The number of nitrogens with one attached hydrogen (secondary N) is 1. The molecule has 0 aliphatic carbocycles. The number of anilines is 2. The first-order valence-electron chi connectivity index (χ1n) is 5.25. The number of aromatic nitrogens is 1. The van der Waals surface area contributed by atoms with Crippen molar-refractivity contribution in [2.45, 2.75) is 13.5 Å². The molecular weight excluding hydrogens is 198 g/mol. The van der Waals surface area contributed by atoms with E-state index in [0.717, 1.165) is 17.9 Å². The Morgan fingerprint density at radius 1 is 1.25 bits per heavy atom. The van der Waals surface area contributed by atoms with Crippen LogP contribution < -0.4 is 11.1 Å². The average Bonchev–Trinajstić information content (AvgIpc) is 2.29. The van der Waals surface area contributed by atoms with Crippen LogP contribution in [0.1, 0.15) is 11.1 Å². The largest absolute Gasteiger partial charge is 0.396 e. The number of nitrogen functional groups attached to an aromatic ring is 1. The van der Waals surface area contributed by atoms with Crippen LogP contribution in [0.25, 0.3) is 0 Å². The Labute approximate surface area is 95.3 Å². The zero-order valence-electron chi connectivity index (χ0n) is 9.27. The molecule has 3 heteroatoms. The van der Waals surface area contributed by atoms with Crippen LogP contribution in [0.4, 0.5) is 11.5 Å².